The molecule has 10 heteroatoms. The number of imide groups is 1. The predicted octanol–water partition coefficient (Wildman–Crippen LogP) is 2.38. The molecule has 0 saturated carbocycles. The minimum absolute atomic E-state index is 0.0378. The van der Waals surface area contributed by atoms with Gasteiger partial charge in [0.15, 0.2) is 0 Å². The molecule has 2 amide bonds. The predicted molar refractivity (Wildman–Crippen MR) is 125 cm³/mol. The highest BCUT2D eigenvalue weighted by molar-refractivity contribution is 5.99. The second-order valence-electron chi connectivity index (χ2n) is 9.70. The van der Waals surface area contributed by atoms with Crippen LogP contribution in [0, 0.1) is 17.2 Å². The second-order valence-corrected chi connectivity index (χ2v) is 9.70. The van der Waals surface area contributed by atoms with Crippen molar-refractivity contribution in [3.8, 4) is 6.07 Å². The number of carbonyl (C=O) groups excluding carboxylic acids is 4. The number of nitrogens with zero attached hydrogens (tertiary/aromatic N) is 4. The lowest BCUT2D eigenvalue weighted by Crippen LogP contribution is -2.40. The first-order valence-electron chi connectivity index (χ1n) is 12.0. The summed E-state index contributed by atoms with van der Waals surface area (Å²) in [4.78, 5) is 57.5. The zero-order valence-corrected chi connectivity index (χ0v) is 20.8. The molecule has 0 aromatic carbocycles. The average Bonchev–Trinajstić information content (AvgIpc) is 3.24. The topological polar surface area (TPSA) is 130 Å². The molecule has 188 valence electrons. The summed E-state index contributed by atoms with van der Waals surface area (Å²) in [7, 11) is 0. The quantitative estimate of drug-likeness (QED) is 0.559. The minimum Gasteiger partial charge on any atom is -0.462 e. The van der Waals surface area contributed by atoms with Gasteiger partial charge in [-0.15, -0.1) is 0 Å². The van der Waals surface area contributed by atoms with E-state index in [4.69, 9.17) is 9.47 Å². The van der Waals surface area contributed by atoms with Gasteiger partial charge < -0.3 is 14.4 Å². The molecule has 0 radical (unpaired) electrons. The van der Waals surface area contributed by atoms with Crippen molar-refractivity contribution in [3.05, 3.63) is 22.9 Å². The highest BCUT2D eigenvalue weighted by atomic mass is 16.6. The molecule has 0 bridgehead atoms. The van der Waals surface area contributed by atoms with Crippen LogP contribution >= 0.6 is 0 Å². The van der Waals surface area contributed by atoms with Crippen LogP contribution in [0.25, 0.3) is 0 Å². The van der Waals surface area contributed by atoms with Gasteiger partial charge in [-0.2, -0.15) is 5.26 Å². The van der Waals surface area contributed by atoms with Gasteiger partial charge in [0.2, 0.25) is 11.8 Å². The van der Waals surface area contributed by atoms with E-state index >= 15 is 0 Å². The smallest absolute Gasteiger partial charge is 0.340 e. The zero-order valence-electron chi connectivity index (χ0n) is 20.8. The van der Waals surface area contributed by atoms with E-state index in [1.54, 1.807) is 6.92 Å². The second kappa shape index (κ2) is 10.8. The van der Waals surface area contributed by atoms with Crippen LogP contribution in [0.5, 0.6) is 0 Å². The molecule has 3 heterocycles. The molecule has 0 spiro atoms. The lowest BCUT2D eigenvalue weighted by molar-refractivity contribution is -0.160. The first-order chi connectivity index (χ1) is 16.5. The number of carbonyl (C=O) groups is 4. The Labute approximate surface area is 205 Å². The first kappa shape index (κ1) is 26.1. The lowest BCUT2D eigenvalue weighted by atomic mass is 9.96. The van der Waals surface area contributed by atoms with E-state index in [9.17, 15) is 24.4 Å². The first-order valence-corrected chi connectivity index (χ1v) is 12.0. The van der Waals surface area contributed by atoms with Crippen molar-refractivity contribution in [2.24, 2.45) is 5.92 Å². The SMILES string of the molecule is CCOC(=O)c1cc(C#N)c(N2CCC(C(=O)OC(C)(C)C)CC2)nc1CC(=O)N1CCCC1=O. The molecule has 2 aliphatic rings. The van der Waals surface area contributed by atoms with E-state index in [2.05, 4.69) is 11.1 Å². The molecule has 2 aliphatic heterocycles. The largest absolute Gasteiger partial charge is 0.462 e. The molecule has 3 rings (SSSR count). The van der Waals surface area contributed by atoms with Crippen LogP contribution in [0.3, 0.4) is 0 Å². The van der Waals surface area contributed by atoms with Gasteiger partial charge in [-0.3, -0.25) is 19.3 Å². The van der Waals surface area contributed by atoms with Gasteiger partial charge >= 0.3 is 11.9 Å². The maximum Gasteiger partial charge on any atom is 0.340 e. The minimum atomic E-state index is -0.678. The summed E-state index contributed by atoms with van der Waals surface area (Å²) in [6.45, 7) is 8.52. The van der Waals surface area contributed by atoms with Crippen molar-refractivity contribution in [2.75, 3.05) is 31.1 Å². The maximum atomic E-state index is 12.8. The normalized spacial score (nSPS) is 16.7. The molecule has 0 aliphatic carbocycles. The fourth-order valence-corrected chi connectivity index (χ4v) is 4.25. The Morgan fingerprint density at radius 3 is 2.43 bits per heavy atom. The van der Waals surface area contributed by atoms with Crippen LogP contribution in [-0.2, 0) is 30.3 Å². The van der Waals surface area contributed by atoms with E-state index < -0.39 is 17.5 Å². The number of nitriles is 1. The van der Waals surface area contributed by atoms with E-state index in [-0.39, 0.29) is 47.6 Å². The number of ether oxygens (including phenoxy) is 2. The summed E-state index contributed by atoms with van der Waals surface area (Å²) >= 11 is 0. The summed E-state index contributed by atoms with van der Waals surface area (Å²) in [6, 6.07) is 3.48. The molecule has 2 fully saturated rings. The Balaban J connectivity index is 1.86. The van der Waals surface area contributed by atoms with Gasteiger partial charge in [0.25, 0.3) is 0 Å². The fourth-order valence-electron chi connectivity index (χ4n) is 4.25. The number of amides is 2. The summed E-state index contributed by atoms with van der Waals surface area (Å²) in [5.74, 6) is -1.52. The van der Waals surface area contributed by atoms with Gasteiger partial charge in [0, 0.05) is 26.1 Å². The van der Waals surface area contributed by atoms with Crippen LogP contribution in [0.15, 0.2) is 6.07 Å². The van der Waals surface area contributed by atoms with Crippen LogP contribution in [0.4, 0.5) is 5.82 Å². The van der Waals surface area contributed by atoms with Crippen molar-refractivity contribution in [1.29, 1.82) is 5.26 Å². The number of piperidine rings is 1. The number of likely N-dealkylation sites (tertiary alicyclic amines) is 1. The molecular formula is C25H32N4O6. The van der Waals surface area contributed by atoms with Crippen LogP contribution < -0.4 is 4.90 Å². The van der Waals surface area contributed by atoms with E-state index in [0.717, 1.165) is 0 Å². The maximum absolute atomic E-state index is 12.8. The lowest BCUT2D eigenvalue weighted by Gasteiger charge is -2.33. The number of anilines is 1. The summed E-state index contributed by atoms with van der Waals surface area (Å²) in [6.07, 6.45) is 1.71. The molecule has 0 atom stereocenters. The monoisotopic (exact) mass is 484 g/mol. The Morgan fingerprint density at radius 2 is 1.89 bits per heavy atom. The molecule has 10 nitrogen and oxygen atoms in total. The van der Waals surface area contributed by atoms with Gasteiger partial charge in [-0.1, -0.05) is 0 Å². The van der Waals surface area contributed by atoms with Gasteiger partial charge in [0.05, 0.1) is 35.8 Å². The highest BCUT2D eigenvalue weighted by Gasteiger charge is 2.32. The Hall–Kier alpha value is -3.48. The third-order valence-electron chi connectivity index (χ3n) is 5.92. The van der Waals surface area contributed by atoms with Crippen LogP contribution in [0.2, 0.25) is 0 Å². The Bertz CT molecular complexity index is 1050. The number of esters is 2. The summed E-state index contributed by atoms with van der Waals surface area (Å²) in [5, 5.41) is 9.77. The molecule has 1 aromatic rings. The van der Waals surface area contributed by atoms with E-state index in [1.807, 2.05) is 25.7 Å². The molecule has 0 N–H and O–H groups in total. The molecular weight excluding hydrogens is 452 g/mol. The van der Waals surface area contributed by atoms with Gasteiger partial charge in [-0.25, -0.2) is 9.78 Å². The van der Waals surface area contributed by atoms with E-state index in [1.165, 1.54) is 11.0 Å². The fraction of sp³-hybridized carbons (Fsp3) is 0.600. The molecule has 2 saturated heterocycles. The average molecular weight is 485 g/mol. The Morgan fingerprint density at radius 1 is 1.20 bits per heavy atom. The number of rotatable bonds is 6. The van der Waals surface area contributed by atoms with Crippen molar-refractivity contribution in [2.45, 2.75) is 65.4 Å². The number of hydrogen-bond donors (Lipinski definition) is 0. The third-order valence-corrected chi connectivity index (χ3v) is 5.92. The van der Waals surface area contributed by atoms with Crippen LogP contribution in [0.1, 0.15) is 75.0 Å². The molecule has 1 aromatic heterocycles. The van der Waals surface area contributed by atoms with Crippen molar-refractivity contribution < 1.29 is 28.7 Å². The highest BCUT2D eigenvalue weighted by Crippen LogP contribution is 2.29. The van der Waals surface area contributed by atoms with Gasteiger partial charge in [0.1, 0.15) is 17.5 Å². The number of hydrogen-bond acceptors (Lipinski definition) is 9. The van der Waals surface area contributed by atoms with E-state index in [0.29, 0.717) is 51.1 Å². The van der Waals surface area contributed by atoms with Crippen molar-refractivity contribution >= 4 is 29.6 Å². The third kappa shape index (κ3) is 6.35. The number of aromatic nitrogens is 1. The van der Waals surface area contributed by atoms with Crippen molar-refractivity contribution in [1.82, 2.24) is 9.88 Å². The molecule has 0 unspecified atom stereocenters. The standard InChI is InChI=1S/C25H32N4O6/c1-5-34-24(33)18-13-17(15-26)22(27-19(18)14-21(31)29-10-6-7-20(29)30)28-11-8-16(9-12-28)23(32)35-25(2,3)4/h13,16H,5-12,14H2,1-4H3. The van der Waals surface area contributed by atoms with Gasteiger partial charge in [-0.05, 0) is 53.0 Å². The van der Waals surface area contributed by atoms with Crippen LogP contribution in [-0.4, -0.2) is 65.5 Å². The summed E-state index contributed by atoms with van der Waals surface area (Å²) in [5.41, 5.74) is -0.186. The van der Waals surface area contributed by atoms with Crippen molar-refractivity contribution in [3.63, 3.8) is 0 Å². The number of pyridine rings is 1. The zero-order chi connectivity index (χ0) is 25.8. The summed E-state index contributed by atoms with van der Waals surface area (Å²) < 4.78 is 10.6. The molecule has 35 heavy (non-hydrogen) atoms. The Kier molecular flexibility index (Phi) is 8.10.